The van der Waals surface area contributed by atoms with Gasteiger partial charge in [-0.25, -0.2) is 4.39 Å². The summed E-state index contributed by atoms with van der Waals surface area (Å²) in [5, 5.41) is 2.60. The van der Waals surface area contributed by atoms with Gasteiger partial charge in [-0.3, -0.25) is 9.59 Å². The molecule has 0 fully saturated rings. The summed E-state index contributed by atoms with van der Waals surface area (Å²) in [5.41, 5.74) is 0.299. The largest absolute Gasteiger partial charge is 0.355 e. The van der Waals surface area contributed by atoms with Crippen LogP contribution in [0.4, 0.5) is 4.39 Å². The first-order chi connectivity index (χ1) is 8.45. The lowest BCUT2D eigenvalue weighted by atomic mass is 10.2. The van der Waals surface area contributed by atoms with Gasteiger partial charge in [0.2, 0.25) is 5.91 Å². The highest BCUT2D eigenvalue weighted by atomic mass is 32.1. The SMILES string of the molecule is CCNC(=O)CN(C)C(=O)c1ccc(F)c(S)c1. The van der Waals surface area contributed by atoms with Crippen molar-refractivity contribution in [3.8, 4) is 0 Å². The van der Waals surface area contributed by atoms with E-state index in [1.165, 1.54) is 30.1 Å². The summed E-state index contributed by atoms with van der Waals surface area (Å²) >= 11 is 3.91. The standard InChI is InChI=1S/C12H15FN2O2S/c1-3-14-11(16)7-15(2)12(17)8-4-5-9(13)10(18)6-8/h4-6,18H,3,7H2,1-2H3,(H,14,16). The van der Waals surface area contributed by atoms with Gasteiger partial charge in [0.05, 0.1) is 6.54 Å². The number of likely N-dealkylation sites (N-methyl/N-ethyl adjacent to an activating group) is 2. The number of carbonyl (C=O) groups is 2. The fourth-order valence-electron chi connectivity index (χ4n) is 1.41. The second-order valence-corrected chi connectivity index (χ2v) is 4.26. The molecular formula is C12H15FN2O2S. The van der Waals surface area contributed by atoms with Crippen molar-refractivity contribution in [2.75, 3.05) is 20.1 Å². The maximum Gasteiger partial charge on any atom is 0.254 e. The van der Waals surface area contributed by atoms with E-state index in [1.54, 1.807) is 6.92 Å². The number of hydrogen-bond acceptors (Lipinski definition) is 3. The van der Waals surface area contributed by atoms with Gasteiger partial charge >= 0.3 is 0 Å². The van der Waals surface area contributed by atoms with Crippen LogP contribution in [0.2, 0.25) is 0 Å². The van der Waals surface area contributed by atoms with Crippen molar-refractivity contribution in [1.82, 2.24) is 10.2 Å². The quantitative estimate of drug-likeness (QED) is 0.811. The van der Waals surface area contributed by atoms with Crippen LogP contribution in [0.3, 0.4) is 0 Å². The Kier molecular flexibility index (Phi) is 5.15. The van der Waals surface area contributed by atoms with Crippen LogP contribution >= 0.6 is 12.6 Å². The van der Waals surface area contributed by atoms with Crippen LogP contribution in [0, 0.1) is 5.82 Å². The second-order valence-electron chi connectivity index (χ2n) is 3.78. The minimum atomic E-state index is -0.485. The highest BCUT2D eigenvalue weighted by molar-refractivity contribution is 7.80. The van der Waals surface area contributed by atoms with Crippen molar-refractivity contribution in [2.45, 2.75) is 11.8 Å². The van der Waals surface area contributed by atoms with E-state index in [9.17, 15) is 14.0 Å². The lowest BCUT2D eigenvalue weighted by Gasteiger charge is -2.16. The van der Waals surface area contributed by atoms with E-state index < -0.39 is 5.82 Å². The van der Waals surface area contributed by atoms with Crippen molar-refractivity contribution in [3.63, 3.8) is 0 Å². The molecule has 0 aliphatic heterocycles. The van der Waals surface area contributed by atoms with E-state index in [-0.39, 0.29) is 23.3 Å². The minimum absolute atomic E-state index is 0.0358. The van der Waals surface area contributed by atoms with E-state index in [1.807, 2.05) is 0 Å². The van der Waals surface area contributed by atoms with Gasteiger partial charge in [0.15, 0.2) is 0 Å². The van der Waals surface area contributed by atoms with Crippen LogP contribution in [0.25, 0.3) is 0 Å². The zero-order valence-electron chi connectivity index (χ0n) is 10.2. The lowest BCUT2D eigenvalue weighted by molar-refractivity contribution is -0.121. The maximum absolute atomic E-state index is 13.0. The van der Waals surface area contributed by atoms with E-state index in [0.29, 0.717) is 12.1 Å². The monoisotopic (exact) mass is 270 g/mol. The smallest absolute Gasteiger partial charge is 0.254 e. The van der Waals surface area contributed by atoms with Crippen LogP contribution in [0.1, 0.15) is 17.3 Å². The Labute approximate surface area is 111 Å². The zero-order chi connectivity index (χ0) is 13.7. The number of hydrogen-bond donors (Lipinski definition) is 2. The summed E-state index contributed by atoms with van der Waals surface area (Å²) in [6, 6.07) is 3.89. The van der Waals surface area contributed by atoms with Crippen molar-refractivity contribution in [2.24, 2.45) is 0 Å². The lowest BCUT2D eigenvalue weighted by Crippen LogP contribution is -2.38. The molecule has 4 nitrogen and oxygen atoms in total. The number of nitrogens with zero attached hydrogens (tertiary/aromatic N) is 1. The van der Waals surface area contributed by atoms with Crippen molar-refractivity contribution in [3.05, 3.63) is 29.6 Å². The molecule has 0 bridgehead atoms. The molecule has 0 unspecified atom stereocenters. The van der Waals surface area contributed by atoms with Gasteiger partial charge in [-0.15, -0.1) is 12.6 Å². The van der Waals surface area contributed by atoms with Crippen LogP contribution in [-0.4, -0.2) is 36.9 Å². The Morgan fingerprint density at radius 2 is 2.11 bits per heavy atom. The molecule has 1 rings (SSSR count). The number of halogens is 1. The Hall–Kier alpha value is -1.56. The number of nitrogens with one attached hydrogen (secondary N) is 1. The molecule has 0 radical (unpaired) electrons. The fraction of sp³-hybridized carbons (Fsp3) is 0.333. The molecule has 98 valence electrons. The first-order valence-corrected chi connectivity index (χ1v) is 5.91. The number of rotatable bonds is 4. The number of carbonyl (C=O) groups excluding carboxylic acids is 2. The Bertz CT molecular complexity index is 465. The number of amides is 2. The zero-order valence-corrected chi connectivity index (χ0v) is 11.1. The molecule has 6 heteroatoms. The van der Waals surface area contributed by atoms with Gasteiger partial charge in [0.25, 0.3) is 5.91 Å². The second kappa shape index (κ2) is 6.39. The van der Waals surface area contributed by atoms with Crippen LogP contribution < -0.4 is 5.32 Å². The molecule has 0 saturated heterocycles. The van der Waals surface area contributed by atoms with E-state index in [2.05, 4.69) is 17.9 Å². The molecule has 0 aliphatic carbocycles. The van der Waals surface area contributed by atoms with E-state index >= 15 is 0 Å². The molecule has 0 heterocycles. The van der Waals surface area contributed by atoms with Crippen LogP contribution in [0.15, 0.2) is 23.1 Å². The Balaban J connectivity index is 2.74. The predicted octanol–water partition coefficient (Wildman–Crippen LogP) is 1.32. The third kappa shape index (κ3) is 3.73. The molecule has 0 spiro atoms. The summed E-state index contributed by atoms with van der Waals surface area (Å²) in [6.07, 6.45) is 0. The number of benzene rings is 1. The van der Waals surface area contributed by atoms with Crippen LogP contribution in [-0.2, 0) is 4.79 Å². The molecule has 1 N–H and O–H groups in total. The minimum Gasteiger partial charge on any atom is -0.355 e. The highest BCUT2D eigenvalue weighted by Crippen LogP contribution is 2.15. The third-order valence-electron chi connectivity index (χ3n) is 2.29. The van der Waals surface area contributed by atoms with Gasteiger partial charge in [-0.1, -0.05) is 0 Å². The van der Waals surface area contributed by atoms with Gasteiger partial charge in [-0.05, 0) is 25.1 Å². The van der Waals surface area contributed by atoms with Gasteiger partial charge in [-0.2, -0.15) is 0 Å². The van der Waals surface area contributed by atoms with Gasteiger partial charge in [0, 0.05) is 24.1 Å². The molecule has 0 atom stereocenters. The fourth-order valence-corrected chi connectivity index (χ4v) is 1.62. The van der Waals surface area contributed by atoms with Crippen LogP contribution in [0.5, 0.6) is 0 Å². The third-order valence-corrected chi connectivity index (χ3v) is 2.64. The molecule has 0 aliphatic rings. The normalized spacial score (nSPS) is 10.0. The maximum atomic E-state index is 13.0. The summed E-state index contributed by atoms with van der Waals surface area (Å²) < 4.78 is 13.0. The molecular weight excluding hydrogens is 255 g/mol. The topological polar surface area (TPSA) is 49.4 Å². The Morgan fingerprint density at radius 3 is 2.67 bits per heavy atom. The summed E-state index contributed by atoms with van der Waals surface area (Å²) in [7, 11) is 1.51. The average Bonchev–Trinajstić information content (AvgIpc) is 2.32. The number of thiol groups is 1. The highest BCUT2D eigenvalue weighted by Gasteiger charge is 2.15. The Morgan fingerprint density at radius 1 is 1.44 bits per heavy atom. The van der Waals surface area contributed by atoms with Gasteiger partial charge < -0.3 is 10.2 Å². The van der Waals surface area contributed by atoms with Crippen molar-refractivity contribution >= 4 is 24.4 Å². The average molecular weight is 270 g/mol. The first-order valence-electron chi connectivity index (χ1n) is 5.46. The molecule has 2 amide bonds. The van der Waals surface area contributed by atoms with E-state index in [4.69, 9.17) is 0 Å². The first kappa shape index (κ1) is 14.5. The van der Waals surface area contributed by atoms with E-state index in [0.717, 1.165) is 0 Å². The summed E-state index contributed by atoms with van der Waals surface area (Å²) in [6.45, 7) is 2.27. The van der Waals surface area contributed by atoms with Crippen molar-refractivity contribution < 1.29 is 14.0 Å². The summed E-state index contributed by atoms with van der Waals surface area (Å²) in [5.74, 6) is -1.07. The van der Waals surface area contributed by atoms with Gasteiger partial charge in [0.1, 0.15) is 5.82 Å². The molecule has 1 aromatic rings. The predicted molar refractivity (Wildman–Crippen MR) is 69.3 cm³/mol. The summed E-state index contributed by atoms with van der Waals surface area (Å²) in [4.78, 5) is 24.6. The molecule has 0 saturated carbocycles. The van der Waals surface area contributed by atoms with Crippen molar-refractivity contribution in [1.29, 1.82) is 0 Å². The molecule has 1 aromatic carbocycles. The molecule has 0 aromatic heterocycles. The molecule has 18 heavy (non-hydrogen) atoms.